The first-order valence-electron chi connectivity index (χ1n) is 4.24. The molecule has 0 aliphatic rings. The number of nitrogens with zero attached hydrogens (tertiary/aromatic N) is 2. The van der Waals surface area contributed by atoms with Crippen LogP contribution in [0.3, 0.4) is 0 Å². The van der Waals surface area contributed by atoms with E-state index >= 15 is 0 Å². The lowest BCUT2D eigenvalue weighted by Crippen LogP contribution is -1.92. The zero-order valence-corrected chi connectivity index (χ0v) is 7.77. The molecule has 0 bridgehead atoms. The van der Waals surface area contributed by atoms with Crippen LogP contribution < -0.4 is 4.74 Å². The van der Waals surface area contributed by atoms with Gasteiger partial charge in [0.05, 0.1) is 18.4 Å². The molecule has 0 unspecified atom stereocenters. The van der Waals surface area contributed by atoms with E-state index in [0.29, 0.717) is 5.88 Å². The average Bonchev–Trinajstić information content (AvgIpc) is 2.30. The number of rotatable bonds is 2. The predicted octanol–water partition coefficient (Wildman–Crippen LogP) is 1.95. The van der Waals surface area contributed by atoms with Gasteiger partial charge in [0.2, 0.25) is 5.88 Å². The molecule has 0 saturated heterocycles. The van der Waals surface area contributed by atoms with Crippen molar-refractivity contribution in [2.45, 2.75) is 0 Å². The molecule has 0 amide bonds. The fraction of sp³-hybridized carbons (Fsp3) is 0.0909. The molecule has 0 aliphatic heterocycles. The summed E-state index contributed by atoms with van der Waals surface area (Å²) in [5.41, 5.74) is 1.60. The van der Waals surface area contributed by atoms with Crippen LogP contribution in [0.4, 0.5) is 0 Å². The molecule has 1 radical (unpaired) electrons. The number of aromatic nitrogens is 2. The zero-order valence-electron chi connectivity index (χ0n) is 7.77. The van der Waals surface area contributed by atoms with Gasteiger partial charge in [0.25, 0.3) is 0 Å². The Balaban J connectivity index is 2.51. The van der Waals surface area contributed by atoms with E-state index < -0.39 is 0 Å². The summed E-state index contributed by atoms with van der Waals surface area (Å²) in [6.45, 7) is 0. The van der Waals surface area contributed by atoms with E-state index in [1.807, 2.05) is 18.2 Å². The molecule has 2 heterocycles. The number of ether oxygens (including phenoxy) is 1. The maximum atomic E-state index is 5.12. The number of pyridine rings is 2. The molecular weight excluding hydrogens is 176 g/mol. The monoisotopic (exact) mass is 185 g/mol. The maximum absolute atomic E-state index is 5.12. The summed E-state index contributed by atoms with van der Waals surface area (Å²) in [5, 5.41) is 0. The molecule has 2 aromatic heterocycles. The van der Waals surface area contributed by atoms with Crippen molar-refractivity contribution in [3.05, 3.63) is 42.7 Å². The van der Waals surface area contributed by atoms with Crippen molar-refractivity contribution in [2.75, 3.05) is 7.11 Å². The van der Waals surface area contributed by atoms with Crippen molar-refractivity contribution in [2.24, 2.45) is 0 Å². The van der Waals surface area contributed by atoms with E-state index in [1.54, 1.807) is 25.6 Å². The lowest BCUT2D eigenvalue weighted by atomic mass is 10.2. The van der Waals surface area contributed by atoms with E-state index in [-0.39, 0.29) is 0 Å². The van der Waals surface area contributed by atoms with Gasteiger partial charge in [-0.05, 0) is 24.3 Å². The van der Waals surface area contributed by atoms with Gasteiger partial charge in [-0.15, -0.1) is 0 Å². The highest BCUT2D eigenvalue weighted by Crippen LogP contribution is 2.24. The largest absolute Gasteiger partial charge is 0.480 e. The number of hydrogen-bond acceptors (Lipinski definition) is 3. The summed E-state index contributed by atoms with van der Waals surface area (Å²) in [7, 11) is 1.59. The molecule has 3 nitrogen and oxygen atoms in total. The Morgan fingerprint density at radius 3 is 2.86 bits per heavy atom. The summed E-state index contributed by atoms with van der Waals surface area (Å²) >= 11 is 0. The molecule has 0 atom stereocenters. The normalized spacial score (nSPS) is 9.79. The van der Waals surface area contributed by atoms with Crippen LogP contribution in [-0.4, -0.2) is 17.1 Å². The molecule has 0 N–H and O–H groups in total. The van der Waals surface area contributed by atoms with Crippen LogP contribution >= 0.6 is 0 Å². The van der Waals surface area contributed by atoms with Crippen molar-refractivity contribution in [3.63, 3.8) is 0 Å². The minimum Gasteiger partial charge on any atom is -0.480 e. The molecular formula is C11H9N2O. The maximum Gasteiger partial charge on any atom is 0.223 e. The van der Waals surface area contributed by atoms with Gasteiger partial charge in [0, 0.05) is 12.4 Å². The van der Waals surface area contributed by atoms with Crippen LogP contribution in [0.2, 0.25) is 0 Å². The second-order valence-corrected chi connectivity index (χ2v) is 2.69. The second kappa shape index (κ2) is 3.87. The summed E-state index contributed by atoms with van der Waals surface area (Å²) in [4.78, 5) is 8.29. The first-order valence-corrected chi connectivity index (χ1v) is 4.24. The molecule has 14 heavy (non-hydrogen) atoms. The van der Waals surface area contributed by atoms with Gasteiger partial charge < -0.3 is 4.74 Å². The third kappa shape index (κ3) is 1.57. The Labute approximate surface area is 82.4 Å². The summed E-state index contributed by atoms with van der Waals surface area (Å²) in [6.07, 6.45) is 3.38. The highest BCUT2D eigenvalue weighted by atomic mass is 16.5. The van der Waals surface area contributed by atoms with Crippen molar-refractivity contribution < 1.29 is 4.74 Å². The van der Waals surface area contributed by atoms with Gasteiger partial charge in [-0.1, -0.05) is 6.07 Å². The summed E-state index contributed by atoms with van der Waals surface area (Å²) in [6, 6.07) is 10.5. The molecule has 69 valence electrons. The molecule has 2 rings (SSSR count). The minimum atomic E-state index is 0.547. The van der Waals surface area contributed by atoms with Crippen molar-refractivity contribution in [1.82, 2.24) is 9.97 Å². The highest BCUT2D eigenvalue weighted by Gasteiger charge is 2.06. The standard InChI is InChI=1S/C11H9N2O/c1-14-11-9(5-4-8-13-11)10-6-2-3-7-12-10/h2-4,6-8H,1H3. The van der Waals surface area contributed by atoms with Crippen LogP contribution in [0.25, 0.3) is 11.3 Å². The molecule has 3 heteroatoms. The lowest BCUT2D eigenvalue weighted by Gasteiger charge is -2.04. The molecule has 0 saturated carbocycles. The Kier molecular flexibility index (Phi) is 2.40. The van der Waals surface area contributed by atoms with Crippen molar-refractivity contribution in [1.29, 1.82) is 0 Å². The van der Waals surface area contributed by atoms with Gasteiger partial charge in [-0.3, -0.25) is 4.98 Å². The van der Waals surface area contributed by atoms with Crippen LogP contribution in [0.15, 0.2) is 36.7 Å². The van der Waals surface area contributed by atoms with Crippen LogP contribution in [0.5, 0.6) is 5.88 Å². The fourth-order valence-corrected chi connectivity index (χ4v) is 1.20. The van der Waals surface area contributed by atoms with E-state index in [2.05, 4.69) is 16.0 Å². The summed E-state index contributed by atoms with van der Waals surface area (Å²) < 4.78 is 5.12. The number of methoxy groups -OCH3 is 1. The molecule has 2 aromatic rings. The smallest absolute Gasteiger partial charge is 0.223 e. The van der Waals surface area contributed by atoms with E-state index in [9.17, 15) is 0 Å². The predicted molar refractivity (Wildman–Crippen MR) is 52.9 cm³/mol. The SMILES string of the molecule is COc1ncc[c]c1-c1ccccn1. The van der Waals surface area contributed by atoms with Gasteiger partial charge in [-0.25, -0.2) is 4.98 Å². The van der Waals surface area contributed by atoms with Gasteiger partial charge in [0.1, 0.15) is 0 Å². The lowest BCUT2D eigenvalue weighted by molar-refractivity contribution is 0.399. The van der Waals surface area contributed by atoms with E-state index in [4.69, 9.17) is 4.74 Å². The molecule has 0 aromatic carbocycles. The van der Waals surface area contributed by atoms with Gasteiger partial charge in [0.15, 0.2) is 0 Å². The van der Waals surface area contributed by atoms with Crippen LogP contribution in [0, 0.1) is 6.07 Å². The highest BCUT2D eigenvalue weighted by molar-refractivity contribution is 5.63. The van der Waals surface area contributed by atoms with Gasteiger partial charge in [-0.2, -0.15) is 0 Å². The van der Waals surface area contributed by atoms with E-state index in [0.717, 1.165) is 11.3 Å². The third-order valence-corrected chi connectivity index (χ3v) is 1.82. The third-order valence-electron chi connectivity index (χ3n) is 1.82. The first-order chi connectivity index (χ1) is 6.92. The molecule has 0 spiro atoms. The van der Waals surface area contributed by atoms with Gasteiger partial charge >= 0.3 is 0 Å². The summed E-state index contributed by atoms with van der Waals surface area (Å²) in [5.74, 6) is 0.547. The van der Waals surface area contributed by atoms with Crippen LogP contribution in [-0.2, 0) is 0 Å². The fourth-order valence-electron chi connectivity index (χ4n) is 1.20. The number of hydrogen-bond donors (Lipinski definition) is 0. The zero-order chi connectivity index (χ0) is 9.80. The second-order valence-electron chi connectivity index (χ2n) is 2.69. The Hall–Kier alpha value is -1.90. The quantitative estimate of drug-likeness (QED) is 0.717. The molecule has 0 aliphatic carbocycles. The Morgan fingerprint density at radius 1 is 1.21 bits per heavy atom. The molecule has 0 fully saturated rings. The minimum absolute atomic E-state index is 0.547. The van der Waals surface area contributed by atoms with Crippen LogP contribution in [0.1, 0.15) is 0 Å². The Morgan fingerprint density at radius 2 is 2.14 bits per heavy atom. The van der Waals surface area contributed by atoms with Crippen molar-refractivity contribution in [3.8, 4) is 17.1 Å². The van der Waals surface area contributed by atoms with Crippen molar-refractivity contribution >= 4 is 0 Å². The first kappa shape index (κ1) is 8.69. The average molecular weight is 185 g/mol. The van der Waals surface area contributed by atoms with E-state index in [1.165, 1.54) is 0 Å². The Bertz CT molecular complexity index is 415. The topological polar surface area (TPSA) is 35.0 Å².